The van der Waals surface area contributed by atoms with Gasteiger partial charge >= 0.3 is 0 Å². The van der Waals surface area contributed by atoms with Crippen molar-refractivity contribution in [2.45, 2.75) is 13.0 Å². The van der Waals surface area contributed by atoms with Crippen molar-refractivity contribution in [2.24, 2.45) is 5.73 Å². The molecular formula is C13H20N4O. The molecule has 1 aromatic heterocycles. The number of nitrogens with two attached hydrogens (primary N) is 1. The molecule has 5 nitrogen and oxygen atoms in total. The van der Waals surface area contributed by atoms with Gasteiger partial charge in [-0.3, -0.25) is 9.78 Å². The molecule has 0 bridgehead atoms. The maximum absolute atomic E-state index is 12.4. The Morgan fingerprint density at radius 1 is 1.50 bits per heavy atom. The van der Waals surface area contributed by atoms with Gasteiger partial charge in [-0.15, -0.1) is 0 Å². The van der Waals surface area contributed by atoms with Crippen molar-refractivity contribution in [3.8, 4) is 0 Å². The molecule has 1 atom stereocenters. The summed E-state index contributed by atoms with van der Waals surface area (Å²) in [6.45, 7) is 4.89. The summed E-state index contributed by atoms with van der Waals surface area (Å²) in [7, 11) is 2.05. The second kappa shape index (κ2) is 5.46. The fourth-order valence-electron chi connectivity index (χ4n) is 2.32. The molecule has 1 aliphatic rings. The summed E-state index contributed by atoms with van der Waals surface area (Å²) in [6, 6.07) is 1.97. The second-order valence-corrected chi connectivity index (χ2v) is 4.90. The van der Waals surface area contributed by atoms with Crippen LogP contribution >= 0.6 is 0 Å². The number of carbonyl (C=O) groups excluding carboxylic acids is 1. The van der Waals surface area contributed by atoms with Gasteiger partial charge in [-0.2, -0.15) is 0 Å². The van der Waals surface area contributed by atoms with Crippen molar-refractivity contribution in [3.63, 3.8) is 0 Å². The van der Waals surface area contributed by atoms with Crippen molar-refractivity contribution in [1.82, 2.24) is 14.8 Å². The first kappa shape index (κ1) is 13.0. The Morgan fingerprint density at radius 3 is 2.94 bits per heavy atom. The molecule has 1 fully saturated rings. The predicted octanol–water partition coefficient (Wildman–Crippen LogP) is 0.105. The number of hydrogen-bond acceptors (Lipinski definition) is 4. The molecule has 0 aromatic carbocycles. The molecule has 2 rings (SSSR count). The summed E-state index contributed by atoms with van der Waals surface area (Å²) in [4.78, 5) is 20.6. The number of hydrogen-bond donors (Lipinski definition) is 1. The minimum Gasteiger partial charge on any atom is -0.332 e. The Bertz CT molecular complexity index is 435. The Balaban J connectivity index is 2.17. The van der Waals surface area contributed by atoms with Crippen molar-refractivity contribution in [3.05, 3.63) is 29.6 Å². The minimum absolute atomic E-state index is 0.0368. The highest BCUT2D eigenvalue weighted by Gasteiger charge is 2.28. The highest BCUT2D eigenvalue weighted by molar-refractivity contribution is 5.94. The van der Waals surface area contributed by atoms with Crippen molar-refractivity contribution in [1.29, 1.82) is 0 Å². The number of likely N-dealkylation sites (N-methyl/N-ethyl adjacent to an activating group) is 1. The maximum atomic E-state index is 12.4. The number of amides is 1. The Morgan fingerprint density at radius 2 is 2.28 bits per heavy atom. The quantitative estimate of drug-likeness (QED) is 0.806. The third-order valence-corrected chi connectivity index (χ3v) is 3.34. The lowest BCUT2D eigenvalue weighted by molar-refractivity contribution is 0.0515. The van der Waals surface area contributed by atoms with E-state index in [2.05, 4.69) is 16.9 Å². The van der Waals surface area contributed by atoms with Gasteiger partial charge in [-0.25, -0.2) is 0 Å². The van der Waals surface area contributed by atoms with Gasteiger partial charge in [0, 0.05) is 38.6 Å². The van der Waals surface area contributed by atoms with Crippen LogP contribution in [-0.2, 0) is 0 Å². The van der Waals surface area contributed by atoms with Crippen LogP contribution in [-0.4, -0.2) is 60.0 Å². The van der Waals surface area contributed by atoms with Gasteiger partial charge in [0.1, 0.15) is 0 Å². The smallest absolute Gasteiger partial charge is 0.255 e. The van der Waals surface area contributed by atoms with Crippen LogP contribution in [0.4, 0.5) is 0 Å². The molecule has 98 valence electrons. The van der Waals surface area contributed by atoms with E-state index in [0.717, 1.165) is 25.2 Å². The van der Waals surface area contributed by atoms with Crippen LogP contribution in [0.3, 0.4) is 0 Å². The van der Waals surface area contributed by atoms with E-state index in [-0.39, 0.29) is 11.9 Å². The Hall–Kier alpha value is -1.46. The van der Waals surface area contributed by atoms with Gasteiger partial charge < -0.3 is 15.5 Å². The first-order valence-corrected chi connectivity index (χ1v) is 6.23. The maximum Gasteiger partial charge on any atom is 0.255 e. The summed E-state index contributed by atoms with van der Waals surface area (Å²) >= 11 is 0. The number of pyridine rings is 1. The van der Waals surface area contributed by atoms with Crippen molar-refractivity contribution in [2.75, 3.05) is 33.2 Å². The van der Waals surface area contributed by atoms with Crippen LogP contribution in [0.15, 0.2) is 18.5 Å². The monoisotopic (exact) mass is 248 g/mol. The lowest BCUT2D eigenvalue weighted by Crippen LogP contribution is -2.56. The average molecular weight is 248 g/mol. The molecule has 2 heterocycles. The zero-order valence-electron chi connectivity index (χ0n) is 11.0. The first-order valence-electron chi connectivity index (χ1n) is 6.23. The van der Waals surface area contributed by atoms with Gasteiger partial charge in [0.05, 0.1) is 11.6 Å². The summed E-state index contributed by atoms with van der Waals surface area (Å²) < 4.78 is 0. The number of aryl methyl sites for hydroxylation is 1. The predicted molar refractivity (Wildman–Crippen MR) is 70.3 cm³/mol. The first-order chi connectivity index (χ1) is 8.61. The van der Waals surface area contributed by atoms with Crippen LogP contribution in [0.25, 0.3) is 0 Å². The van der Waals surface area contributed by atoms with Gasteiger partial charge in [0.25, 0.3) is 5.91 Å². The molecule has 0 radical (unpaired) electrons. The topological polar surface area (TPSA) is 62.5 Å². The third-order valence-electron chi connectivity index (χ3n) is 3.34. The number of piperazine rings is 1. The SMILES string of the molecule is Cc1cncc(C(=O)N2CCN(C)CC2CN)c1. The highest BCUT2D eigenvalue weighted by Crippen LogP contribution is 2.13. The summed E-state index contributed by atoms with van der Waals surface area (Å²) in [6.07, 6.45) is 3.38. The molecule has 1 saturated heterocycles. The van der Waals surface area contributed by atoms with Crippen LogP contribution in [0.2, 0.25) is 0 Å². The highest BCUT2D eigenvalue weighted by atomic mass is 16.2. The number of carbonyl (C=O) groups is 1. The lowest BCUT2D eigenvalue weighted by atomic mass is 10.1. The molecule has 1 aliphatic heterocycles. The number of rotatable bonds is 2. The van der Waals surface area contributed by atoms with Crippen molar-refractivity contribution >= 4 is 5.91 Å². The summed E-state index contributed by atoms with van der Waals surface area (Å²) in [5.74, 6) is 0.0368. The third kappa shape index (κ3) is 2.68. The minimum atomic E-state index is 0.0368. The van der Waals surface area contributed by atoms with E-state index in [4.69, 9.17) is 5.73 Å². The molecular weight excluding hydrogens is 228 g/mol. The zero-order valence-corrected chi connectivity index (χ0v) is 11.0. The van der Waals surface area contributed by atoms with Crippen molar-refractivity contribution < 1.29 is 4.79 Å². The van der Waals surface area contributed by atoms with E-state index >= 15 is 0 Å². The summed E-state index contributed by atoms with van der Waals surface area (Å²) in [5, 5.41) is 0. The molecule has 5 heteroatoms. The second-order valence-electron chi connectivity index (χ2n) is 4.90. The molecule has 1 aromatic rings. The van der Waals surface area contributed by atoms with Gasteiger partial charge in [-0.1, -0.05) is 0 Å². The van der Waals surface area contributed by atoms with Crippen LogP contribution in [0.5, 0.6) is 0 Å². The average Bonchev–Trinajstić information content (AvgIpc) is 2.37. The molecule has 0 saturated carbocycles. The van der Waals surface area contributed by atoms with E-state index in [0.29, 0.717) is 12.1 Å². The van der Waals surface area contributed by atoms with E-state index in [1.54, 1.807) is 12.4 Å². The van der Waals surface area contributed by atoms with Gasteiger partial charge in [0.15, 0.2) is 0 Å². The molecule has 0 spiro atoms. The molecule has 2 N–H and O–H groups in total. The fraction of sp³-hybridized carbons (Fsp3) is 0.538. The zero-order chi connectivity index (χ0) is 13.1. The van der Waals surface area contributed by atoms with Gasteiger partial charge in [0.2, 0.25) is 0 Å². The molecule has 18 heavy (non-hydrogen) atoms. The Labute approximate surface area is 108 Å². The van der Waals surface area contributed by atoms with E-state index in [9.17, 15) is 4.79 Å². The largest absolute Gasteiger partial charge is 0.332 e. The molecule has 1 unspecified atom stereocenters. The fourth-order valence-corrected chi connectivity index (χ4v) is 2.32. The van der Waals surface area contributed by atoms with Crippen LogP contribution < -0.4 is 5.73 Å². The van der Waals surface area contributed by atoms with Crippen LogP contribution in [0, 0.1) is 6.92 Å². The number of aromatic nitrogens is 1. The van der Waals surface area contributed by atoms with E-state index in [1.807, 2.05) is 17.9 Å². The number of nitrogens with zero attached hydrogens (tertiary/aromatic N) is 3. The Kier molecular flexibility index (Phi) is 3.93. The van der Waals surface area contributed by atoms with Crippen LogP contribution in [0.1, 0.15) is 15.9 Å². The van der Waals surface area contributed by atoms with Gasteiger partial charge in [-0.05, 0) is 25.6 Å². The van der Waals surface area contributed by atoms with E-state index < -0.39 is 0 Å². The normalized spacial score (nSPS) is 21.1. The molecule has 1 amide bonds. The molecule has 0 aliphatic carbocycles. The standard InChI is InChI=1S/C13H20N4O/c1-10-5-11(8-15-7-10)13(18)17-4-3-16(2)9-12(17)6-14/h5,7-8,12H,3-4,6,9,14H2,1-2H3. The summed E-state index contributed by atoms with van der Waals surface area (Å²) in [5.41, 5.74) is 7.42. The van der Waals surface area contributed by atoms with E-state index in [1.165, 1.54) is 0 Å². The lowest BCUT2D eigenvalue weighted by Gasteiger charge is -2.39.